The lowest BCUT2D eigenvalue weighted by Crippen LogP contribution is -2.03. The van der Waals surface area contributed by atoms with Crippen molar-refractivity contribution in [2.24, 2.45) is 0 Å². The summed E-state index contributed by atoms with van der Waals surface area (Å²) in [5.74, 6) is 1.78. The lowest BCUT2D eigenvalue weighted by molar-refractivity contribution is 1.07. The highest BCUT2D eigenvalue weighted by atomic mass is 15.0. The first-order valence-corrected chi connectivity index (χ1v) is 27.8. The Morgan fingerprint density at radius 2 is 0.573 bits per heavy atom. The van der Waals surface area contributed by atoms with Crippen molar-refractivity contribution in [1.82, 2.24) is 33.2 Å². The van der Waals surface area contributed by atoms with Crippen molar-refractivity contribution in [3.05, 3.63) is 285 Å². The van der Waals surface area contributed by atoms with Gasteiger partial charge in [-0.25, -0.2) is 15.0 Å². The van der Waals surface area contributed by atoms with Gasteiger partial charge < -0.3 is 18.3 Å². The maximum absolute atomic E-state index is 5.42. The molecule has 0 aliphatic heterocycles. The number of fused-ring (bicyclic) bond motifs is 12. The van der Waals surface area contributed by atoms with Crippen LogP contribution in [0.25, 0.3) is 155 Å². The third-order valence-electron chi connectivity index (χ3n) is 16.6. The normalized spacial score (nSPS) is 11.9. The summed E-state index contributed by atoms with van der Waals surface area (Å²) in [5.41, 5.74) is 18.3. The monoisotopic (exact) mass is 1050 g/mol. The number of hydrogen-bond donors (Lipinski definition) is 0. The molecule has 0 unspecified atom stereocenters. The summed E-state index contributed by atoms with van der Waals surface area (Å²) in [6.45, 7) is 0. The summed E-state index contributed by atoms with van der Waals surface area (Å²) in [6.07, 6.45) is 0. The van der Waals surface area contributed by atoms with Gasteiger partial charge in [-0.3, -0.25) is 0 Å². The van der Waals surface area contributed by atoms with E-state index in [9.17, 15) is 0 Å². The van der Waals surface area contributed by atoms with E-state index in [4.69, 9.17) is 15.0 Å². The van der Waals surface area contributed by atoms with Gasteiger partial charge in [0.05, 0.1) is 49.8 Å². The highest BCUT2D eigenvalue weighted by Gasteiger charge is 2.23. The number of nitrogens with zero attached hydrogens (tertiary/aromatic N) is 7. The zero-order chi connectivity index (χ0) is 53.8. The van der Waals surface area contributed by atoms with E-state index in [0.29, 0.717) is 17.5 Å². The van der Waals surface area contributed by atoms with Gasteiger partial charge in [0.15, 0.2) is 17.5 Å². The Labute approximate surface area is 471 Å². The largest absolute Gasteiger partial charge is 0.309 e. The van der Waals surface area contributed by atoms with Crippen molar-refractivity contribution in [3.8, 4) is 68.0 Å². The summed E-state index contributed by atoms with van der Waals surface area (Å²) >= 11 is 0. The predicted octanol–water partition coefficient (Wildman–Crippen LogP) is 18.9. The van der Waals surface area contributed by atoms with Gasteiger partial charge in [-0.05, 0) is 96.6 Å². The van der Waals surface area contributed by atoms with Crippen LogP contribution in [-0.4, -0.2) is 33.2 Å². The van der Waals surface area contributed by atoms with Gasteiger partial charge in [0.25, 0.3) is 0 Å². The zero-order valence-electron chi connectivity index (χ0n) is 44.3. The molecule has 0 bridgehead atoms. The maximum Gasteiger partial charge on any atom is 0.164 e. The number of benzene rings is 12. The molecule has 12 aromatic carbocycles. The van der Waals surface area contributed by atoms with Crippen LogP contribution in [0, 0.1) is 0 Å². The lowest BCUT2D eigenvalue weighted by atomic mass is 9.98. The van der Waals surface area contributed by atoms with Crippen LogP contribution >= 0.6 is 0 Å². The lowest BCUT2D eigenvalue weighted by Gasteiger charge is -2.17. The van der Waals surface area contributed by atoms with Gasteiger partial charge in [0.1, 0.15) is 0 Å². The fraction of sp³-hybridized carbons (Fsp3) is 0. The summed E-state index contributed by atoms with van der Waals surface area (Å²) in [4.78, 5) is 16.0. The van der Waals surface area contributed by atoms with Crippen molar-refractivity contribution >= 4 is 87.2 Å². The first kappa shape index (κ1) is 45.8. The molecule has 5 heterocycles. The third kappa shape index (κ3) is 7.06. The van der Waals surface area contributed by atoms with E-state index in [-0.39, 0.29) is 0 Å². The molecule has 17 rings (SSSR count). The summed E-state index contributed by atoms with van der Waals surface area (Å²) < 4.78 is 9.59. The number of rotatable bonds is 8. The number of para-hydroxylation sites is 7. The number of aromatic nitrogens is 7. The fourth-order valence-electron chi connectivity index (χ4n) is 13.0. The third-order valence-corrected chi connectivity index (χ3v) is 16.6. The van der Waals surface area contributed by atoms with Crippen LogP contribution in [0.2, 0.25) is 0 Å². The minimum atomic E-state index is 0.583. The molecule has 382 valence electrons. The van der Waals surface area contributed by atoms with Crippen LogP contribution in [0.1, 0.15) is 0 Å². The van der Waals surface area contributed by atoms with E-state index >= 15 is 0 Å². The van der Waals surface area contributed by atoms with E-state index < -0.39 is 0 Å². The Morgan fingerprint density at radius 1 is 0.195 bits per heavy atom. The van der Waals surface area contributed by atoms with Gasteiger partial charge in [-0.2, -0.15) is 0 Å². The fourth-order valence-corrected chi connectivity index (χ4v) is 13.0. The van der Waals surface area contributed by atoms with E-state index in [1.54, 1.807) is 0 Å². The van der Waals surface area contributed by atoms with E-state index in [0.717, 1.165) is 83.7 Å². The molecule has 0 aliphatic rings. The average molecular weight is 1050 g/mol. The molecular weight excluding hydrogens is 999 g/mol. The van der Waals surface area contributed by atoms with Crippen molar-refractivity contribution in [1.29, 1.82) is 0 Å². The quantitative estimate of drug-likeness (QED) is 0.152. The molecule has 7 heteroatoms. The maximum atomic E-state index is 5.42. The van der Waals surface area contributed by atoms with Crippen molar-refractivity contribution in [2.75, 3.05) is 0 Å². The topological polar surface area (TPSA) is 58.4 Å². The minimum Gasteiger partial charge on any atom is -0.309 e. The molecule has 82 heavy (non-hydrogen) atoms. The van der Waals surface area contributed by atoms with Gasteiger partial charge in [-0.1, -0.05) is 194 Å². The van der Waals surface area contributed by atoms with Gasteiger partial charge >= 0.3 is 0 Å². The van der Waals surface area contributed by atoms with Crippen LogP contribution in [-0.2, 0) is 0 Å². The second-order valence-electron chi connectivity index (χ2n) is 21.2. The predicted molar refractivity (Wildman–Crippen MR) is 339 cm³/mol. The van der Waals surface area contributed by atoms with Crippen molar-refractivity contribution in [3.63, 3.8) is 0 Å². The Balaban J connectivity index is 0.878. The Hall–Kier alpha value is -11.2. The van der Waals surface area contributed by atoms with E-state index in [2.05, 4.69) is 285 Å². The van der Waals surface area contributed by atoms with Crippen LogP contribution in [0.3, 0.4) is 0 Å². The summed E-state index contributed by atoms with van der Waals surface area (Å²) in [5, 5.41) is 9.62. The van der Waals surface area contributed by atoms with Crippen LogP contribution in [0.4, 0.5) is 0 Å². The van der Waals surface area contributed by atoms with Gasteiger partial charge in [0.2, 0.25) is 0 Å². The number of hydrogen-bond acceptors (Lipinski definition) is 3. The first-order valence-electron chi connectivity index (χ1n) is 27.8. The molecule has 0 saturated heterocycles. The van der Waals surface area contributed by atoms with Crippen LogP contribution < -0.4 is 0 Å². The standard InChI is InChI=1S/C75H47N7/c1-3-20-48(21-4-1)73-76-74(50-22-19-25-53(44-50)80-64-32-13-7-26-56(64)57-27-8-14-33-65(57)80)78-75(77-73)51-38-41-55(71(46-51)82-68-36-17-11-30-60(68)61-31-12-18-37-69(61)82)49-39-43-70-63(45-49)62-42-40-54(47-72(62)79(70)52-23-5-2-6-24-52)81-66-34-15-9-28-58(66)59-29-10-16-35-67(59)81/h1-47H. The molecular formula is C75H47N7. The molecule has 7 nitrogen and oxygen atoms in total. The van der Waals surface area contributed by atoms with Crippen molar-refractivity contribution < 1.29 is 0 Å². The summed E-state index contributed by atoms with van der Waals surface area (Å²) in [6, 6.07) is 102. The molecule has 0 N–H and O–H groups in total. The molecule has 0 atom stereocenters. The van der Waals surface area contributed by atoms with Gasteiger partial charge in [-0.15, -0.1) is 0 Å². The van der Waals surface area contributed by atoms with E-state index in [1.807, 2.05) is 18.2 Å². The second-order valence-corrected chi connectivity index (χ2v) is 21.2. The Morgan fingerprint density at radius 3 is 1.11 bits per heavy atom. The molecule has 0 aliphatic carbocycles. The first-order chi connectivity index (χ1) is 40.7. The van der Waals surface area contributed by atoms with E-state index in [1.165, 1.54) is 54.1 Å². The zero-order valence-corrected chi connectivity index (χ0v) is 44.3. The molecule has 0 saturated carbocycles. The van der Waals surface area contributed by atoms with Crippen LogP contribution in [0.5, 0.6) is 0 Å². The minimum absolute atomic E-state index is 0.583. The Bertz CT molecular complexity index is 5250. The smallest absolute Gasteiger partial charge is 0.164 e. The molecule has 5 aromatic heterocycles. The van der Waals surface area contributed by atoms with Crippen molar-refractivity contribution in [2.45, 2.75) is 0 Å². The molecule has 0 amide bonds. The summed E-state index contributed by atoms with van der Waals surface area (Å²) in [7, 11) is 0. The molecule has 17 aromatic rings. The SMILES string of the molecule is c1ccc(-c2nc(-c3cccc(-n4c5ccccc5c5ccccc54)c3)nc(-c3ccc(-c4ccc5c(c4)c4ccc(-n6c7ccccc7c7ccccc76)cc4n5-c4ccccc4)c(-n4c5ccccc5c5ccccc54)c3)n2)cc1. The van der Waals surface area contributed by atoms with Crippen LogP contribution in [0.15, 0.2) is 285 Å². The van der Waals surface area contributed by atoms with Gasteiger partial charge in [0, 0.05) is 82.4 Å². The highest BCUT2D eigenvalue weighted by Crippen LogP contribution is 2.43. The molecule has 0 radical (unpaired) electrons. The Kier molecular flexibility index (Phi) is 10.2. The highest BCUT2D eigenvalue weighted by molar-refractivity contribution is 6.14. The molecule has 0 spiro atoms. The average Bonchev–Trinajstić information content (AvgIpc) is 4.48. The molecule has 0 fully saturated rings. The second kappa shape index (κ2) is 18.2.